The van der Waals surface area contributed by atoms with Crippen molar-refractivity contribution in [1.29, 1.82) is 0 Å². The molecule has 0 saturated heterocycles. The third-order valence-electron chi connectivity index (χ3n) is 2.84. The summed E-state index contributed by atoms with van der Waals surface area (Å²) >= 11 is 0. The third kappa shape index (κ3) is 7.53. The quantitative estimate of drug-likeness (QED) is 0.686. The summed E-state index contributed by atoms with van der Waals surface area (Å²) in [6.45, 7) is 10.9. The Hall–Kier alpha value is -1.79. The predicted octanol–water partition coefficient (Wildman–Crippen LogP) is 1.18. The van der Waals surface area contributed by atoms with Crippen molar-refractivity contribution in [1.82, 2.24) is 15.5 Å². The Bertz CT molecular complexity index is 390. The van der Waals surface area contributed by atoms with Crippen LogP contribution in [0.2, 0.25) is 0 Å². The number of carboxylic acid groups (broad SMARTS) is 1. The van der Waals surface area contributed by atoms with E-state index in [1.54, 1.807) is 20.8 Å². The highest BCUT2D eigenvalue weighted by atomic mass is 16.4. The van der Waals surface area contributed by atoms with Crippen LogP contribution in [-0.2, 0) is 9.59 Å². The summed E-state index contributed by atoms with van der Waals surface area (Å²) < 4.78 is 0. The van der Waals surface area contributed by atoms with E-state index in [2.05, 4.69) is 10.6 Å². The lowest BCUT2D eigenvalue weighted by atomic mass is 10.1. The van der Waals surface area contributed by atoms with Crippen LogP contribution in [0.15, 0.2) is 0 Å². The van der Waals surface area contributed by atoms with Crippen LogP contribution in [0, 0.1) is 0 Å². The Labute approximate surface area is 126 Å². The van der Waals surface area contributed by atoms with Gasteiger partial charge in [0.05, 0.1) is 6.42 Å². The van der Waals surface area contributed by atoms with Crippen molar-refractivity contribution in [2.75, 3.05) is 6.54 Å². The Balaban J connectivity index is 4.63. The highest BCUT2D eigenvalue weighted by Crippen LogP contribution is 2.05. The zero-order valence-corrected chi connectivity index (χ0v) is 13.7. The van der Waals surface area contributed by atoms with E-state index in [1.807, 2.05) is 20.8 Å². The molecule has 0 bridgehead atoms. The molecule has 0 aromatic rings. The van der Waals surface area contributed by atoms with Crippen LogP contribution in [0.1, 0.15) is 48.0 Å². The Morgan fingerprint density at radius 3 is 2.10 bits per heavy atom. The first-order valence-corrected chi connectivity index (χ1v) is 7.08. The van der Waals surface area contributed by atoms with E-state index in [-0.39, 0.29) is 17.9 Å². The molecule has 7 nitrogen and oxygen atoms in total. The molecule has 122 valence electrons. The van der Waals surface area contributed by atoms with E-state index in [4.69, 9.17) is 5.11 Å². The lowest BCUT2D eigenvalue weighted by Gasteiger charge is -2.29. The molecule has 0 aliphatic heterocycles. The number of urea groups is 1. The van der Waals surface area contributed by atoms with Crippen molar-refractivity contribution in [3.8, 4) is 0 Å². The van der Waals surface area contributed by atoms with Crippen LogP contribution in [0.3, 0.4) is 0 Å². The van der Waals surface area contributed by atoms with Gasteiger partial charge in [0.15, 0.2) is 0 Å². The fraction of sp³-hybridized carbons (Fsp3) is 0.786. The molecule has 0 aromatic heterocycles. The van der Waals surface area contributed by atoms with Gasteiger partial charge >= 0.3 is 12.0 Å². The Kier molecular flexibility index (Phi) is 7.18. The Morgan fingerprint density at radius 2 is 1.71 bits per heavy atom. The molecule has 0 aliphatic rings. The van der Waals surface area contributed by atoms with E-state index in [0.717, 1.165) is 0 Å². The summed E-state index contributed by atoms with van der Waals surface area (Å²) in [5.74, 6) is -1.25. The molecule has 2 unspecified atom stereocenters. The van der Waals surface area contributed by atoms with E-state index in [0.29, 0.717) is 6.54 Å². The van der Waals surface area contributed by atoms with Crippen LogP contribution < -0.4 is 10.6 Å². The summed E-state index contributed by atoms with van der Waals surface area (Å²) in [4.78, 5) is 36.1. The third-order valence-corrected chi connectivity index (χ3v) is 2.84. The lowest BCUT2D eigenvalue weighted by molar-refractivity contribution is -0.138. The summed E-state index contributed by atoms with van der Waals surface area (Å²) in [6.07, 6.45) is -0.135. The number of rotatable bonds is 6. The normalized spacial score (nSPS) is 14.0. The number of hydrogen-bond acceptors (Lipinski definition) is 3. The van der Waals surface area contributed by atoms with Gasteiger partial charge < -0.3 is 20.6 Å². The molecule has 0 aliphatic carbocycles. The van der Waals surface area contributed by atoms with Gasteiger partial charge in [0, 0.05) is 18.1 Å². The molecule has 21 heavy (non-hydrogen) atoms. The van der Waals surface area contributed by atoms with E-state index in [1.165, 1.54) is 4.90 Å². The highest BCUT2D eigenvalue weighted by Gasteiger charge is 2.25. The second-order valence-corrected chi connectivity index (χ2v) is 6.14. The highest BCUT2D eigenvalue weighted by molar-refractivity contribution is 5.87. The van der Waals surface area contributed by atoms with Crippen LogP contribution in [-0.4, -0.2) is 52.1 Å². The second-order valence-electron chi connectivity index (χ2n) is 6.14. The number of amides is 3. The smallest absolute Gasteiger partial charge is 0.318 e. The molecule has 0 spiro atoms. The fourth-order valence-corrected chi connectivity index (χ4v) is 1.83. The number of nitrogens with zero attached hydrogens (tertiary/aromatic N) is 1. The number of hydrogen-bond donors (Lipinski definition) is 3. The van der Waals surface area contributed by atoms with E-state index < -0.39 is 24.1 Å². The van der Waals surface area contributed by atoms with Crippen molar-refractivity contribution in [2.45, 2.75) is 65.6 Å². The zero-order valence-electron chi connectivity index (χ0n) is 13.7. The SMILES string of the molecule is CCN(C(=O)NC(C)C(=O)NC(C)(C)C)C(C)CC(=O)O. The summed E-state index contributed by atoms with van der Waals surface area (Å²) in [5, 5.41) is 14.2. The standard InChI is InChI=1S/C14H27N3O4/c1-7-17(9(2)8-11(18)19)13(21)15-10(3)12(20)16-14(4,5)6/h9-10H,7-8H2,1-6H3,(H,15,21)(H,16,20)(H,18,19). The Morgan fingerprint density at radius 1 is 1.19 bits per heavy atom. The average molecular weight is 301 g/mol. The maximum absolute atomic E-state index is 12.1. The van der Waals surface area contributed by atoms with Crippen molar-refractivity contribution >= 4 is 17.9 Å². The molecule has 0 saturated carbocycles. The number of carbonyl (C=O) groups excluding carboxylic acids is 2. The minimum Gasteiger partial charge on any atom is -0.481 e. The first kappa shape index (κ1) is 19.2. The van der Waals surface area contributed by atoms with Crippen LogP contribution >= 0.6 is 0 Å². The van der Waals surface area contributed by atoms with Crippen LogP contribution in [0.25, 0.3) is 0 Å². The monoisotopic (exact) mass is 301 g/mol. The molecule has 0 fully saturated rings. The van der Waals surface area contributed by atoms with Gasteiger partial charge in [-0.3, -0.25) is 9.59 Å². The number of carboxylic acids is 1. The van der Waals surface area contributed by atoms with Crippen LogP contribution in [0.5, 0.6) is 0 Å². The topological polar surface area (TPSA) is 98.7 Å². The minimum atomic E-state index is -0.965. The zero-order chi connectivity index (χ0) is 16.8. The summed E-state index contributed by atoms with van der Waals surface area (Å²) in [5.41, 5.74) is -0.378. The van der Waals surface area contributed by atoms with Gasteiger partial charge in [-0.1, -0.05) is 0 Å². The largest absolute Gasteiger partial charge is 0.481 e. The first-order chi connectivity index (χ1) is 9.47. The average Bonchev–Trinajstić information content (AvgIpc) is 2.26. The molecule has 0 heterocycles. The fourth-order valence-electron chi connectivity index (χ4n) is 1.83. The lowest BCUT2D eigenvalue weighted by Crippen LogP contribution is -2.54. The van der Waals surface area contributed by atoms with Crippen molar-refractivity contribution in [3.63, 3.8) is 0 Å². The van der Waals surface area contributed by atoms with Gasteiger partial charge in [0.25, 0.3) is 0 Å². The second kappa shape index (κ2) is 7.85. The molecule has 0 radical (unpaired) electrons. The molecular formula is C14H27N3O4. The van der Waals surface area contributed by atoms with Gasteiger partial charge in [-0.2, -0.15) is 0 Å². The number of aliphatic carboxylic acids is 1. The van der Waals surface area contributed by atoms with Crippen molar-refractivity contribution in [2.24, 2.45) is 0 Å². The van der Waals surface area contributed by atoms with Crippen LogP contribution in [0.4, 0.5) is 4.79 Å². The first-order valence-electron chi connectivity index (χ1n) is 7.08. The van der Waals surface area contributed by atoms with Crippen molar-refractivity contribution in [3.05, 3.63) is 0 Å². The molecule has 3 N–H and O–H groups in total. The number of carbonyl (C=O) groups is 3. The van der Waals surface area contributed by atoms with Gasteiger partial charge in [-0.15, -0.1) is 0 Å². The maximum atomic E-state index is 12.1. The number of nitrogens with one attached hydrogen (secondary N) is 2. The summed E-state index contributed by atoms with van der Waals surface area (Å²) in [7, 11) is 0. The van der Waals surface area contributed by atoms with Gasteiger partial charge in [-0.25, -0.2) is 4.79 Å². The van der Waals surface area contributed by atoms with Gasteiger partial charge in [0.1, 0.15) is 6.04 Å². The van der Waals surface area contributed by atoms with E-state index >= 15 is 0 Å². The maximum Gasteiger partial charge on any atom is 0.318 e. The summed E-state index contributed by atoms with van der Waals surface area (Å²) in [6, 6.07) is -1.57. The molecule has 2 atom stereocenters. The van der Waals surface area contributed by atoms with E-state index in [9.17, 15) is 14.4 Å². The van der Waals surface area contributed by atoms with Gasteiger partial charge in [-0.05, 0) is 41.5 Å². The molecule has 0 aromatic carbocycles. The molecule has 3 amide bonds. The van der Waals surface area contributed by atoms with Crippen molar-refractivity contribution < 1.29 is 19.5 Å². The molecule has 7 heteroatoms. The minimum absolute atomic E-state index is 0.135. The molecule has 0 rings (SSSR count). The molecular weight excluding hydrogens is 274 g/mol. The predicted molar refractivity (Wildman–Crippen MR) is 80.0 cm³/mol. The van der Waals surface area contributed by atoms with Gasteiger partial charge in [0.2, 0.25) is 5.91 Å².